The fraction of sp³-hybridized carbons (Fsp3) is 0.280. The van der Waals surface area contributed by atoms with Crippen LogP contribution in [-0.2, 0) is 0 Å². The summed E-state index contributed by atoms with van der Waals surface area (Å²) in [6.07, 6.45) is 6.68. The van der Waals surface area contributed by atoms with E-state index in [1.807, 2.05) is 43.3 Å². The van der Waals surface area contributed by atoms with E-state index in [2.05, 4.69) is 24.3 Å². The van der Waals surface area contributed by atoms with Crippen molar-refractivity contribution < 1.29 is 4.39 Å². The number of benzene rings is 3. The average molecular weight is 344 g/mol. The summed E-state index contributed by atoms with van der Waals surface area (Å²) >= 11 is 0. The smallest absolute Gasteiger partial charge is 0.131 e. The molecular weight excluding hydrogens is 319 g/mol. The molecule has 1 aliphatic rings. The average Bonchev–Trinajstić information content (AvgIpc) is 2.70. The number of hydrogen-bond acceptors (Lipinski definition) is 0. The van der Waals surface area contributed by atoms with Crippen molar-refractivity contribution in [1.82, 2.24) is 0 Å². The molecule has 132 valence electrons. The normalized spacial score (nSPS) is 15.2. The van der Waals surface area contributed by atoms with Gasteiger partial charge in [-0.05, 0) is 54.0 Å². The highest BCUT2D eigenvalue weighted by Crippen LogP contribution is 2.34. The monoisotopic (exact) mass is 344 g/mol. The minimum absolute atomic E-state index is 0.164. The number of rotatable bonds is 3. The predicted molar refractivity (Wildman–Crippen MR) is 108 cm³/mol. The molecule has 0 nitrogen and oxygen atoms in total. The zero-order valence-corrected chi connectivity index (χ0v) is 15.3. The van der Waals surface area contributed by atoms with Crippen LogP contribution in [0, 0.1) is 12.7 Å². The third-order valence-corrected chi connectivity index (χ3v) is 5.65. The molecular formula is C25H25F. The van der Waals surface area contributed by atoms with Gasteiger partial charge in [-0.15, -0.1) is 0 Å². The summed E-state index contributed by atoms with van der Waals surface area (Å²) in [4.78, 5) is 0. The first kappa shape index (κ1) is 17.0. The van der Waals surface area contributed by atoms with Crippen LogP contribution in [0.1, 0.15) is 49.1 Å². The summed E-state index contributed by atoms with van der Waals surface area (Å²) in [6.45, 7) is 2.04. The maximum atomic E-state index is 14.7. The van der Waals surface area contributed by atoms with Gasteiger partial charge in [0.05, 0.1) is 0 Å². The molecule has 0 aliphatic heterocycles. The topological polar surface area (TPSA) is 0 Å². The molecule has 1 aliphatic carbocycles. The zero-order valence-electron chi connectivity index (χ0n) is 15.3. The van der Waals surface area contributed by atoms with Crippen molar-refractivity contribution in [3.8, 4) is 22.3 Å². The van der Waals surface area contributed by atoms with E-state index in [-0.39, 0.29) is 5.82 Å². The van der Waals surface area contributed by atoms with Gasteiger partial charge in [-0.25, -0.2) is 4.39 Å². The highest BCUT2D eigenvalue weighted by Gasteiger charge is 2.15. The van der Waals surface area contributed by atoms with Crippen molar-refractivity contribution in [2.24, 2.45) is 0 Å². The van der Waals surface area contributed by atoms with Gasteiger partial charge in [0.2, 0.25) is 0 Å². The third kappa shape index (κ3) is 3.58. The molecule has 1 heteroatoms. The van der Waals surface area contributed by atoms with Gasteiger partial charge in [0, 0.05) is 5.56 Å². The second-order valence-corrected chi connectivity index (χ2v) is 7.52. The van der Waals surface area contributed by atoms with Gasteiger partial charge < -0.3 is 0 Å². The molecule has 0 N–H and O–H groups in total. The Hall–Kier alpha value is -2.41. The Morgan fingerprint density at radius 2 is 1.31 bits per heavy atom. The van der Waals surface area contributed by atoms with Crippen molar-refractivity contribution in [3.05, 3.63) is 83.7 Å². The standard InChI is InChI=1S/C25H25F/c1-18-7-9-22(10-8-18)24-16-15-23(17-25(24)26)21-13-11-20(12-14-21)19-5-3-2-4-6-19/h7-17,19H,2-6H2,1H3. The Morgan fingerprint density at radius 1 is 0.692 bits per heavy atom. The first-order valence-corrected chi connectivity index (χ1v) is 9.67. The minimum atomic E-state index is -0.164. The molecule has 26 heavy (non-hydrogen) atoms. The second-order valence-electron chi connectivity index (χ2n) is 7.52. The van der Waals surface area contributed by atoms with E-state index < -0.39 is 0 Å². The summed E-state index contributed by atoms with van der Waals surface area (Å²) in [5, 5.41) is 0. The molecule has 0 amide bonds. The Morgan fingerprint density at radius 3 is 1.96 bits per heavy atom. The number of aryl methyl sites for hydroxylation is 1. The van der Waals surface area contributed by atoms with Gasteiger partial charge in [0.25, 0.3) is 0 Å². The van der Waals surface area contributed by atoms with Crippen LogP contribution in [0.3, 0.4) is 0 Å². The number of halogens is 1. The third-order valence-electron chi connectivity index (χ3n) is 5.65. The maximum absolute atomic E-state index is 14.7. The lowest BCUT2D eigenvalue weighted by atomic mass is 9.83. The molecule has 3 aromatic carbocycles. The molecule has 4 rings (SSSR count). The van der Waals surface area contributed by atoms with Crippen molar-refractivity contribution in [1.29, 1.82) is 0 Å². The van der Waals surface area contributed by atoms with E-state index >= 15 is 0 Å². The highest BCUT2D eigenvalue weighted by atomic mass is 19.1. The lowest BCUT2D eigenvalue weighted by Gasteiger charge is -2.22. The van der Waals surface area contributed by atoms with Crippen molar-refractivity contribution >= 4 is 0 Å². The van der Waals surface area contributed by atoms with Gasteiger partial charge in [0.15, 0.2) is 0 Å². The van der Waals surface area contributed by atoms with E-state index in [0.29, 0.717) is 11.5 Å². The van der Waals surface area contributed by atoms with Gasteiger partial charge >= 0.3 is 0 Å². The summed E-state index contributed by atoms with van der Waals surface area (Å²) in [5.74, 6) is 0.543. The molecule has 0 bridgehead atoms. The summed E-state index contributed by atoms with van der Waals surface area (Å²) in [7, 11) is 0. The largest absolute Gasteiger partial charge is 0.206 e. The molecule has 3 aromatic rings. The van der Waals surface area contributed by atoms with Gasteiger partial charge in [0.1, 0.15) is 5.82 Å². The zero-order chi connectivity index (χ0) is 17.9. The lowest BCUT2D eigenvalue weighted by Crippen LogP contribution is -2.04. The van der Waals surface area contributed by atoms with E-state index in [9.17, 15) is 4.39 Å². The van der Waals surface area contributed by atoms with Gasteiger partial charge in [-0.3, -0.25) is 0 Å². The van der Waals surface area contributed by atoms with Gasteiger partial charge in [-0.2, -0.15) is 0 Å². The van der Waals surface area contributed by atoms with E-state index in [1.165, 1.54) is 43.2 Å². The summed E-state index contributed by atoms with van der Waals surface area (Å²) < 4.78 is 14.7. The summed E-state index contributed by atoms with van der Waals surface area (Å²) in [5.41, 5.74) is 6.22. The number of hydrogen-bond donors (Lipinski definition) is 0. The Balaban J connectivity index is 1.58. The molecule has 0 unspecified atom stereocenters. The molecule has 0 heterocycles. The molecule has 1 saturated carbocycles. The van der Waals surface area contributed by atoms with Gasteiger partial charge in [-0.1, -0.05) is 85.5 Å². The SMILES string of the molecule is Cc1ccc(-c2ccc(-c3ccc(C4CCCCC4)cc3)cc2F)cc1. The molecule has 0 saturated heterocycles. The van der Waals surface area contributed by atoms with Crippen LogP contribution in [0.2, 0.25) is 0 Å². The fourth-order valence-electron chi connectivity index (χ4n) is 4.05. The maximum Gasteiger partial charge on any atom is 0.131 e. The molecule has 0 atom stereocenters. The van der Waals surface area contributed by atoms with Crippen LogP contribution in [0.25, 0.3) is 22.3 Å². The first-order valence-electron chi connectivity index (χ1n) is 9.67. The first-order chi connectivity index (χ1) is 12.7. The Bertz CT molecular complexity index is 869. The van der Waals surface area contributed by atoms with Crippen LogP contribution < -0.4 is 0 Å². The molecule has 1 fully saturated rings. The molecule has 0 aromatic heterocycles. The quantitative estimate of drug-likeness (QED) is 0.461. The van der Waals surface area contributed by atoms with E-state index in [1.54, 1.807) is 6.07 Å². The van der Waals surface area contributed by atoms with Crippen molar-refractivity contribution in [3.63, 3.8) is 0 Å². The van der Waals surface area contributed by atoms with Crippen LogP contribution in [0.5, 0.6) is 0 Å². The van der Waals surface area contributed by atoms with E-state index in [0.717, 1.165) is 16.7 Å². The Kier molecular flexibility index (Phi) is 4.88. The Labute approximate surface area is 155 Å². The summed E-state index contributed by atoms with van der Waals surface area (Å²) in [6, 6.07) is 22.3. The second kappa shape index (κ2) is 7.45. The van der Waals surface area contributed by atoms with Crippen LogP contribution >= 0.6 is 0 Å². The van der Waals surface area contributed by atoms with Crippen LogP contribution in [0.15, 0.2) is 66.7 Å². The molecule has 0 spiro atoms. The van der Waals surface area contributed by atoms with Crippen LogP contribution in [0.4, 0.5) is 4.39 Å². The van der Waals surface area contributed by atoms with Crippen molar-refractivity contribution in [2.75, 3.05) is 0 Å². The highest BCUT2D eigenvalue weighted by molar-refractivity contribution is 5.71. The minimum Gasteiger partial charge on any atom is -0.206 e. The van der Waals surface area contributed by atoms with Crippen LogP contribution in [-0.4, -0.2) is 0 Å². The molecule has 0 radical (unpaired) electrons. The fourth-order valence-corrected chi connectivity index (χ4v) is 4.05. The van der Waals surface area contributed by atoms with E-state index in [4.69, 9.17) is 0 Å². The predicted octanol–water partition coefficient (Wildman–Crippen LogP) is 7.52. The van der Waals surface area contributed by atoms with Crippen molar-refractivity contribution in [2.45, 2.75) is 44.9 Å². The lowest BCUT2D eigenvalue weighted by molar-refractivity contribution is 0.443.